The third-order valence-electron chi connectivity index (χ3n) is 9.57. The minimum Gasteiger partial charge on any atom is -0.493 e. The molecule has 0 amide bonds. The summed E-state index contributed by atoms with van der Waals surface area (Å²) in [4.78, 5) is 63.6. The molecular weight excluding hydrogens is 616 g/mol. The summed E-state index contributed by atoms with van der Waals surface area (Å²) in [6.45, 7) is 1.91. The molecule has 1 heterocycles. The second kappa shape index (κ2) is 12.0. The normalized spacial score (nSPS) is 26.6. The van der Waals surface area contributed by atoms with Gasteiger partial charge in [0.15, 0.2) is 17.6 Å². The molecule has 13 heteroatoms. The minimum absolute atomic E-state index is 0.00576. The van der Waals surface area contributed by atoms with Gasteiger partial charge in [0.05, 0.1) is 18.1 Å². The monoisotopic (exact) mass is 650 g/mol. The van der Waals surface area contributed by atoms with Crippen LogP contribution in [0.3, 0.4) is 0 Å². The molecule has 1 aliphatic heterocycles. The second-order valence-electron chi connectivity index (χ2n) is 12.2. The van der Waals surface area contributed by atoms with E-state index in [0.29, 0.717) is 24.3 Å². The molecular formula is C34H34O13. The molecule has 1 saturated carbocycles. The fourth-order valence-electron chi connectivity index (χ4n) is 7.75. The van der Waals surface area contributed by atoms with E-state index in [9.17, 15) is 34.2 Å². The van der Waals surface area contributed by atoms with E-state index in [1.54, 1.807) is 18.2 Å². The molecule has 0 saturated heterocycles. The van der Waals surface area contributed by atoms with Gasteiger partial charge in [-0.3, -0.25) is 9.59 Å². The van der Waals surface area contributed by atoms with Crippen LogP contribution in [-0.2, 0) is 54.8 Å². The number of methoxy groups -OCH3 is 1. The molecule has 3 aliphatic carbocycles. The second-order valence-corrected chi connectivity index (χ2v) is 12.2. The number of esters is 4. The first-order valence-electron chi connectivity index (χ1n) is 15.2. The van der Waals surface area contributed by atoms with Crippen LogP contribution >= 0.6 is 0 Å². The maximum Gasteiger partial charge on any atom is 0.357 e. The molecule has 0 unspecified atom stereocenters. The Morgan fingerprint density at radius 2 is 1.62 bits per heavy atom. The first-order chi connectivity index (χ1) is 22.4. The van der Waals surface area contributed by atoms with Crippen LogP contribution in [0.2, 0.25) is 0 Å². The van der Waals surface area contributed by atoms with Crippen LogP contribution in [0.25, 0.3) is 0 Å². The lowest BCUT2D eigenvalue weighted by atomic mass is 9.47. The highest BCUT2D eigenvalue weighted by atomic mass is 16.6. The lowest BCUT2D eigenvalue weighted by Crippen LogP contribution is -2.67. The standard InChI is InChI=1S/C34H34O13/c1-17(35)43-27(28(44-18(2)36)32(40)47-25(30(37)38)19-8-5-4-6-9-19)31(39)45-23-13-15-34(41)21-10-7-14-33(34)24-20(16-21)11-12-22(42-3)26(24)46-29(23)33/h4-6,8-9,11-13,21,25,27-29,41H,7,10,14-16H2,1-3H3,(H,37,38)/t21-,25-,27+,28+,29+,33+,34-/m0/s1. The topological polar surface area (TPSA) is 181 Å². The van der Waals surface area contributed by atoms with E-state index in [2.05, 4.69) is 0 Å². The summed E-state index contributed by atoms with van der Waals surface area (Å²) < 4.78 is 33.3. The number of carboxylic acids is 1. The van der Waals surface area contributed by atoms with Crippen molar-refractivity contribution in [1.29, 1.82) is 0 Å². The Balaban J connectivity index is 1.34. The molecule has 7 atom stereocenters. The number of aliphatic carboxylic acids is 1. The van der Waals surface area contributed by atoms with Crippen molar-refractivity contribution in [3.63, 3.8) is 0 Å². The molecule has 2 aromatic carbocycles. The summed E-state index contributed by atoms with van der Waals surface area (Å²) >= 11 is 0. The Morgan fingerprint density at radius 3 is 2.26 bits per heavy atom. The highest BCUT2D eigenvalue weighted by molar-refractivity contribution is 5.90. The fraction of sp³-hybridized carbons (Fsp3) is 0.441. The van der Waals surface area contributed by atoms with Crippen LogP contribution in [0.5, 0.6) is 11.5 Å². The zero-order valence-corrected chi connectivity index (χ0v) is 25.9. The molecule has 13 nitrogen and oxygen atoms in total. The van der Waals surface area contributed by atoms with Crippen molar-refractivity contribution in [2.24, 2.45) is 5.92 Å². The van der Waals surface area contributed by atoms with Crippen molar-refractivity contribution in [3.8, 4) is 11.5 Å². The maximum absolute atomic E-state index is 13.9. The summed E-state index contributed by atoms with van der Waals surface area (Å²) in [7, 11) is 1.50. The van der Waals surface area contributed by atoms with E-state index in [4.69, 9.17) is 28.4 Å². The number of aliphatic hydroxyl groups is 1. The summed E-state index contributed by atoms with van der Waals surface area (Å²) in [6, 6.07) is 11.3. The van der Waals surface area contributed by atoms with Crippen molar-refractivity contribution in [2.45, 2.75) is 81.4 Å². The van der Waals surface area contributed by atoms with E-state index >= 15 is 0 Å². The van der Waals surface area contributed by atoms with Gasteiger partial charge in [-0.25, -0.2) is 14.4 Å². The van der Waals surface area contributed by atoms with Gasteiger partial charge >= 0.3 is 29.8 Å². The van der Waals surface area contributed by atoms with E-state index in [1.807, 2.05) is 6.07 Å². The predicted molar refractivity (Wildman–Crippen MR) is 158 cm³/mol. The lowest BCUT2D eigenvalue weighted by molar-refractivity contribution is -0.195. The molecule has 0 radical (unpaired) electrons. The van der Waals surface area contributed by atoms with Gasteiger partial charge in [-0.05, 0) is 49.3 Å². The van der Waals surface area contributed by atoms with Crippen LogP contribution < -0.4 is 9.47 Å². The van der Waals surface area contributed by atoms with Gasteiger partial charge in [-0.1, -0.05) is 42.8 Å². The zero-order valence-electron chi connectivity index (χ0n) is 25.9. The van der Waals surface area contributed by atoms with Crippen molar-refractivity contribution in [3.05, 3.63) is 71.0 Å². The van der Waals surface area contributed by atoms with Gasteiger partial charge in [0.25, 0.3) is 0 Å². The number of carboxylic acid groups (broad SMARTS) is 1. The quantitative estimate of drug-likeness (QED) is 0.283. The molecule has 2 N–H and O–H groups in total. The first kappa shape index (κ1) is 32.0. The van der Waals surface area contributed by atoms with Crippen LogP contribution in [0.15, 0.2) is 54.3 Å². The van der Waals surface area contributed by atoms with Crippen molar-refractivity contribution in [1.82, 2.24) is 0 Å². The van der Waals surface area contributed by atoms with Gasteiger partial charge < -0.3 is 38.6 Å². The van der Waals surface area contributed by atoms with Gasteiger partial charge in [0.2, 0.25) is 18.3 Å². The number of benzene rings is 2. The SMILES string of the molecule is COc1ccc2c3c1O[C@@H]1C(OC(=O)[C@H](OC(C)=O)[C@@H](OC(C)=O)C(=O)O[C@H](C(=O)O)c4ccccc4)=CC[C@]4(O)[C@@H](CCC[C@@]314)C2. The highest BCUT2D eigenvalue weighted by Crippen LogP contribution is 2.67. The number of carbonyl (C=O) groups excluding carboxylic acids is 4. The van der Waals surface area contributed by atoms with Gasteiger partial charge in [0, 0.05) is 25.0 Å². The van der Waals surface area contributed by atoms with Gasteiger partial charge in [0.1, 0.15) is 5.76 Å². The van der Waals surface area contributed by atoms with Crippen molar-refractivity contribution < 1.29 is 62.6 Å². The largest absolute Gasteiger partial charge is 0.493 e. The zero-order chi connectivity index (χ0) is 33.7. The van der Waals surface area contributed by atoms with Crippen LogP contribution in [-0.4, -0.2) is 71.1 Å². The summed E-state index contributed by atoms with van der Waals surface area (Å²) in [6.07, 6.45) is -2.81. The number of carbonyl (C=O) groups is 5. The number of ether oxygens (including phenoxy) is 6. The first-order valence-corrected chi connectivity index (χ1v) is 15.2. The third kappa shape index (κ3) is 5.18. The van der Waals surface area contributed by atoms with Crippen LogP contribution in [0.1, 0.15) is 62.3 Å². The van der Waals surface area contributed by atoms with Gasteiger partial charge in [-0.2, -0.15) is 0 Å². The Morgan fingerprint density at radius 1 is 0.936 bits per heavy atom. The number of hydrogen-bond acceptors (Lipinski definition) is 12. The Labute approximate surface area is 269 Å². The third-order valence-corrected chi connectivity index (χ3v) is 9.57. The lowest BCUT2D eigenvalue weighted by Gasteiger charge is -2.59. The average Bonchev–Trinajstić information content (AvgIpc) is 3.38. The highest BCUT2D eigenvalue weighted by Gasteiger charge is 2.71. The maximum atomic E-state index is 13.9. The summed E-state index contributed by atoms with van der Waals surface area (Å²) in [5, 5.41) is 22.1. The number of rotatable bonds is 10. The average molecular weight is 651 g/mol. The molecule has 1 spiro atoms. The predicted octanol–water partition coefficient (Wildman–Crippen LogP) is 2.84. The van der Waals surface area contributed by atoms with Crippen molar-refractivity contribution in [2.75, 3.05) is 7.11 Å². The molecule has 1 fully saturated rings. The number of hydrogen-bond donors (Lipinski definition) is 2. The van der Waals surface area contributed by atoms with E-state index in [1.165, 1.54) is 31.4 Å². The fourth-order valence-corrected chi connectivity index (χ4v) is 7.75. The molecule has 6 rings (SSSR count). The van der Waals surface area contributed by atoms with Crippen LogP contribution in [0.4, 0.5) is 0 Å². The smallest absolute Gasteiger partial charge is 0.357 e. The van der Waals surface area contributed by atoms with E-state index < -0.39 is 65.3 Å². The van der Waals surface area contributed by atoms with Crippen molar-refractivity contribution >= 4 is 29.8 Å². The Bertz CT molecular complexity index is 1670. The molecule has 47 heavy (non-hydrogen) atoms. The van der Waals surface area contributed by atoms with Gasteiger partial charge in [-0.15, -0.1) is 0 Å². The Kier molecular flexibility index (Phi) is 8.20. The van der Waals surface area contributed by atoms with E-state index in [-0.39, 0.29) is 23.7 Å². The molecule has 4 aliphatic rings. The molecule has 2 aromatic rings. The summed E-state index contributed by atoms with van der Waals surface area (Å²) in [5.74, 6) is -5.57. The van der Waals surface area contributed by atoms with Crippen LogP contribution in [0, 0.1) is 5.92 Å². The van der Waals surface area contributed by atoms with E-state index in [0.717, 1.165) is 37.8 Å². The molecule has 248 valence electrons. The molecule has 0 aromatic heterocycles. The summed E-state index contributed by atoms with van der Waals surface area (Å²) in [5.41, 5.74) is -0.286. The minimum atomic E-state index is -2.23. The Hall–Kier alpha value is -4.91. The molecule has 2 bridgehead atoms.